The van der Waals surface area contributed by atoms with E-state index in [4.69, 9.17) is 11.6 Å². The highest BCUT2D eigenvalue weighted by Gasteiger charge is 2.17. The van der Waals surface area contributed by atoms with Crippen molar-refractivity contribution in [2.45, 2.75) is 17.7 Å². The molecule has 0 bridgehead atoms. The zero-order valence-corrected chi connectivity index (χ0v) is 17.6. The van der Waals surface area contributed by atoms with E-state index < -0.39 is 0 Å². The molecule has 3 nitrogen and oxygen atoms in total. The van der Waals surface area contributed by atoms with Crippen molar-refractivity contribution < 1.29 is 0 Å². The van der Waals surface area contributed by atoms with Gasteiger partial charge in [-0.3, -0.25) is 4.79 Å². The highest BCUT2D eigenvalue weighted by Crippen LogP contribution is 2.33. The largest absolute Gasteiger partial charge is 0.388 e. The molecule has 2 N–H and O–H groups in total. The van der Waals surface area contributed by atoms with Crippen LogP contribution in [0.15, 0.2) is 57.3 Å². The van der Waals surface area contributed by atoms with Crippen LogP contribution in [0, 0.1) is 0 Å². The van der Waals surface area contributed by atoms with Gasteiger partial charge in [-0.25, -0.2) is 0 Å². The predicted molar refractivity (Wildman–Crippen MR) is 118 cm³/mol. The number of rotatable bonds is 5. The van der Waals surface area contributed by atoms with Crippen molar-refractivity contribution in [3.8, 4) is 0 Å². The van der Waals surface area contributed by atoms with E-state index in [0.717, 1.165) is 26.5 Å². The Balaban J connectivity index is 2.06. The van der Waals surface area contributed by atoms with Crippen LogP contribution in [0.1, 0.15) is 18.1 Å². The number of hydrogen-bond donors (Lipinski definition) is 2. The first kappa shape index (κ1) is 19.1. The first-order valence-corrected chi connectivity index (χ1v) is 10.2. The molecule has 0 atom stereocenters. The summed E-state index contributed by atoms with van der Waals surface area (Å²) >= 11 is 11.4. The Morgan fingerprint density at radius 1 is 1.27 bits per heavy atom. The predicted octanol–water partition coefficient (Wildman–Crippen LogP) is 6.31. The molecule has 0 amide bonds. The van der Waals surface area contributed by atoms with Crippen LogP contribution in [0.25, 0.3) is 16.5 Å². The van der Waals surface area contributed by atoms with Gasteiger partial charge in [0.25, 0.3) is 0 Å². The molecule has 26 heavy (non-hydrogen) atoms. The van der Waals surface area contributed by atoms with Crippen molar-refractivity contribution in [2.24, 2.45) is 0 Å². The molecule has 1 aromatic heterocycles. The summed E-state index contributed by atoms with van der Waals surface area (Å²) in [6.07, 6.45) is 0. The van der Waals surface area contributed by atoms with Crippen LogP contribution in [0.2, 0.25) is 5.02 Å². The Labute approximate surface area is 170 Å². The third-order valence-corrected chi connectivity index (χ3v) is 6.12. The van der Waals surface area contributed by atoms with Gasteiger partial charge in [0, 0.05) is 23.0 Å². The standard InChI is InChI=1S/C20H18BrClN2OS/c1-11(2)16-19(25)17-15(22)9-8-14(21)18(17)24-20(16)26-10-12-4-6-13(23-3)7-5-12/h4-9,23H,1,10H2,2-3H3,(H,24,25). The maximum absolute atomic E-state index is 13.1. The number of H-pyrrole nitrogens is 1. The maximum Gasteiger partial charge on any atom is 0.199 e. The summed E-state index contributed by atoms with van der Waals surface area (Å²) in [5.41, 5.74) is 4.17. The van der Waals surface area contributed by atoms with Crippen molar-refractivity contribution in [3.63, 3.8) is 0 Å². The zero-order valence-electron chi connectivity index (χ0n) is 14.5. The second-order valence-electron chi connectivity index (χ2n) is 5.95. The highest BCUT2D eigenvalue weighted by atomic mass is 79.9. The van der Waals surface area contributed by atoms with Crippen LogP contribution < -0.4 is 10.7 Å². The van der Waals surface area contributed by atoms with E-state index in [-0.39, 0.29) is 5.43 Å². The van der Waals surface area contributed by atoms with E-state index in [1.54, 1.807) is 17.8 Å². The number of halogens is 2. The highest BCUT2D eigenvalue weighted by molar-refractivity contribution is 9.10. The zero-order chi connectivity index (χ0) is 18.8. The second kappa shape index (κ2) is 7.91. The Hall–Kier alpha value is -1.69. The van der Waals surface area contributed by atoms with Crippen LogP contribution in [0.3, 0.4) is 0 Å². The van der Waals surface area contributed by atoms with Gasteiger partial charge < -0.3 is 10.3 Å². The molecule has 3 rings (SSSR count). The number of nitrogens with one attached hydrogen (secondary N) is 2. The molecular formula is C20H18BrClN2OS. The summed E-state index contributed by atoms with van der Waals surface area (Å²) < 4.78 is 0.808. The van der Waals surface area contributed by atoms with Crippen LogP contribution in [-0.2, 0) is 5.75 Å². The lowest BCUT2D eigenvalue weighted by atomic mass is 10.1. The second-order valence-corrected chi connectivity index (χ2v) is 8.20. The number of aromatic nitrogens is 1. The molecule has 0 saturated carbocycles. The SMILES string of the molecule is C=C(C)c1c(SCc2ccc(NC)cc2)[nH]c2c(Br)ccc(Cl)c2c1=O. The number of allylic oxidation sites excluding steroid dienone is 1. The number of pyridine rings is 1. The molecule has 0 aliphatic heterocycles. The Bertz CT molecular complexity index is 1040. The summed E-state index contributed by atoms with van der Waals surface area (Å²) in [6, 6.07) is 11.8. The first-order chi connectivity index (χ1) is 12.4. The number of thioether (sulfide) groups is 1. The lowest BCUT2D eigenvalue weighted by molar-refractivity contribution is 1.14. The third-order valence-electron chi connectivity index (χ3n) is 4.08. The van der Waals surface area contributed by atoms with Gasteiger partial charge in [0.2, 0.25) is 0 Å². The average Bonchev–Trinajstić information content (AvgIpc) is 2.62. The van der Waals surface area contributed by atoms with E-state index in [9.17, 15) is 4.79 Å². The van der Waals surface area contributed by atoms with Crippen LogP contribution in [0.4, 0.5) is 5.69 Å². The quantitative estimate of drug-likeness (QED) is 0.449. The Kier molecular flexibility index (Phi) is 5.80. The van der Waals surface area contributed by atoms with Gasteiger partial charge in [-0.15, -0.1) is 11.8 Å². The van der Waals surface area contributed by atoms with Gasteiger partial charge >= 0.3 is 0 Å². The third kappa shape index (κ3) is 3.70. The van der Waals surface area contributed by atoms with Gasteiger partial charge in [0.05, 0.1) is 26.5 Å². The summed E-state index contributed by atoms with van der Waals surface area (Å²) in [5, 5.41) is 4.83. The van der Waals surface area contributed by atoms with Gasteiger partial charge in [0.15, 0.2) is 5.43 Å². The molecule has 0 saturated heterocycles. The summed E-state index contributed by atoms with van der Waals surface area (Å²) in [6.45, 7) is 5.83. The monoisotopic (exact) mass is 448 g/mol. The average molecular weight is 450 g/mol. The topological polar surface area (TPSA) is 44.9 Å². The molecule has 6 heteroatoms. The molecule has 2 aromatic carbocycles. The maximum atomic E-state index is 13.1. The molecule has 0 radical (unpaired) electrons. The summed E-state index contributed by atoms with van der Waals surface area (Å²) in [7, 11) is 1.89. The van der Waals surface area contributed by atoms with Crippen molar-refractivity contribution in [1.82, 2.24) is 4.98 Å². The van der Waals surface area contributed by atoms with E-state index >= 15 is 0 Å². The molecular weight excluding hydrogens is 432 g/mol. The minimum atomic E-state index is -0.0921. The fourth-order valence-corrected chi connectivity index (χ4v) is 4.48. The van der Waals surface area contributed by atoms with Gasteiger partial charge in [-0.2, -0.15) is 0 Å². The molecule has 0 spiro atoms. The molecule has 0 aliphatic carbocycles. The van der Waals surface area contributed by atoms with Gasteiger partial charge in [0.1, 0.15) is 0 Å². The fourth-order valence-electron chi connectivity index (χ4n) is 2.72. The Morgan fingerprint density at radius 2 is 1.96 bits per heavy atom. The molecule has 0 aliphatic rings. The normalized spacial score (nSPS) is 10.9. The molecule has 0 unspecified atom stereocenters. The number of fused-ring (bicyclic) bond motifs is 1. The first-order valence-electron chi connectivity index (χ1n) is 8.01. The minimum absolute atomic E-state index is 0.0921. The number of aromatic amines is 1. The number of benzene rings is 2. The van der Waals surface area contributed by atoms with Crippen LogP contribution >= 0.6 is 39.3 Å². The Morgan fingerprint density at radius 3 is 2.58 bits per heavy atom. The van der Waals surface area contributed by atoms with Crippen molar-refractivity contribution in [2.75, 3.05) is 12.4 Å². The van der Waals surface area contributed by atoms with Gasteiger partial charge in [-0.05, 0) is 58.3 Å². The fraction of sp³-hybridized carbons (Fsp3) is 0.150. The van der Waals surface area contributed by atoms with Crippen molar-refractivity contribution in [3.05, 3.63) is 73.8 Å². The summed E-state index contributed by atoms with van der Waals surface area (Å²) in [5.74, 6) is 0.740. The molecule has 134 valence electrons. The lowest BCUT2D eigenvalue weighted by Crippen LogP contribution is -2.12. The van der Waals surface area contributed by atoms with E-state index in [2.05, 4.69) is 44.9 Å². The van der Waals surface area contributed by atoms with E-state index in [1.165, 1.54) is 5.56 Å². The molecule has 0 fully saturated rings. The minimum Gasteiger partial charge on any atom is -0.388 e. The van der Waals surface area contributed by atoms with E-state index in [1.807, 2.05) is 32.2 Å². The van der Waals surface area contributed by atoms with Crippen molar-refractivity contribution in [1.29, 1.82) is 0 Å². The van der Waals surface area contributed by atoms with E-state index in [0.29, 0.717) is 21.5 Å². The van der Waals surface area contributed by atoms with Gasteiger partial charge in [-0.1, -0.05) is 30.3 Å². The lowest BCUT2D eigenvalue weighted by Gasteiger charge is -2.13. The molecule has 1 heterocycles. The van der Waals surface area contributed by atoms with Crippen LogP contribution in [0.5, 0.6) is 0 Å². The molecule has 3 aromatic rings. The summed E-state index contributed by atoms with van der Waals surface area (Å²) in [4.78, 5) is 16.4. The van der Waals surface area contributed by atoms with Crippen molar-refractivity contribution >= 4 is 61.5 Å². The smallest absolute Gasteiger partial charge is 0.199 e. The van der Waals surface area contributed by atoms with Crippen LogP contribution in [-0.4, -0.2) is 12.0 Å². The number of hydrogen-bond acceptors (Lipinski definition) is 3. The number of anilines is 1.